The van der Waals surface area contributed by atoms with Crippen LogP contribution in [0.5, 0.6) is 5.75 Å². The fourth-order valence-electron chi connectivity index (χ4n) is 3.01. The first kappa shape index (κ1) is 18.4. The van der Waals surface area contributed by atoms with Crippen LogP contribution >= 0.6 is 0 Å². The van der Waals surface area contributed by atoms with Crippen LogP contribution in [0.2, 0.25) is 0 Å². The topological polar surface area (TPSA) is 103 Å². The number of fused-ring (bicyclic) bond motifs is 1. The van der Waals surface area contributed by atoms with Crippen molar-refractivity contribution < 1.29 is 17.5 Å². The molecule has 2 aromatic heterocycles. The van der Waals surface area contributed by atoms with Gasteiger partial charge < -0.3 is 9.30 Å². The molecule has 0 aliphatic carbocycles. The SMILES string of the molecule is O=S(=O)(c1ccccc1F)N1CCc2nnc(COc3cncnc3)n2CC1. The molecular formula is C17H17FN6O3S. The van der Waals surface area contributed by atoms with Crippen molar-refractivity contribution in [3.8, 4) is 5.75 Å². The Morgan fingerprint density at radius 1 is 1.07 bits per heavy atom. The molecule has 11 heteroatoms. The molecule has 3 aromatic rings. The summed E-state index contributed by atoms with van der Waals surface area (Å²) in [5.41, 5.74) is 0. The minimum Gasteiger partial charge on any atom is -0.482 e. The van der Waals surface area contributed by atoms with E-state index < -0.39 is 15.8 Å². The second kappa shape index (κ2) is 7.60. The van der Waals surface area contributed by atoms with Crippen molar-refractivity contribution in [2.75, 3.05) is 13.1 Å². The lowest BCUT2D eigenvalue weighted by Crippen LogP contribution is -2.34. The highest BCUT2D eigenvalue weighted by Gasteiger charge is 2.30. The number of halogens is 1. The van der Waals surface area contributed by atoms with E-state index in [-0.39, 0.29) is 24.6 Å². The van der Waals surface area contributed by atoms with Gasteiger partial charge in [0.1, 0.15) is 29.5 Å². The lowest BCUT2D eigenvalue weighted by molar-refractivity contribution is 0.285. The molecule has 0 radical (unpaired) electrons. The summed E-state index contributed by atoms with van der Waals surface area (Å²) in [4.78, 5) is 7.43. The molecule has 28 heavy (non-hydrogen) atoms. The highest BCUT2D eigenvalue weighted by Crippen LogP contribution is 2.21. The van der Waals surface area contributed by atoms with E-state index in [2.05, 4.69) is 20.2 Å². The standard InChI is InChI=1S/C17H17FN6O3S/c18-14-3-1-2-4-15(14)28(25,26)23-6-5-16-21-22-17(24(16)8-7-23)11-27-13-9-19-12-20-10-13/h1-4,9-10,12H,5-8,11H2. The third-order valence-electron chi connectivity index (χ3n) is 4.42. The Bertz CT molecular complexity index is 1070. The fourth-order valence-corrected chi connectivity index (χ4v) is 4.51. The first-order valence-electron chi connectivity index (χ1n) is 8.59. The van der Waals surface area contributed by atoms with E-state index in [0.29, 0.717) is 30.4 Å². The van der Waals surface area contributed by atoms with Gasteiger partial charge in [-0.3, -0.25) is 0 Å². The van der Waals surface area contributed by atoms with Crippen molar-refractivity contribution in [1.29, 1.82) is 0 Å². The monoisotopic (exact) mass is 404 g/mol. The number of sulfonamides is 1. The van der Waals surface area contributed by atoms with Crippen LogP contribution in [0.1, 0.15) is 11.6 Å². The highest BCUT2D eigenvalue weighted by molar-refractivity contribution is 7.89. The van der Waals surface area contributed by atoms with Gasteiger partial charge in [0.25, 0.3) is 0 Å². The van der Waals surface area contributed by atoms with E-state index in [1.165, 1.54) is 41.2 Å². The first-order chi connectivity index (χ1) is 13.6. The number of aromatic nitrogens is 5. The van der Waals surface area contributed by atoms with E-state index in [1.807, 2.05) is 4.57 Å². The van der Waals surface area contributed by atoms with Gasteiger partial charge in [0, 0.05) is 26.1 Å². The Morgan fingerprint density at radius 2 is 1.86 bits per heavy atom. The maximum Gasteiger partial charge on any atom is 0.246 e. The molecule has 146 valence electrons. The van der Waals surface area contributed by atoms with Gasteiger partial charge in [-0.05, 0) is 12.1 Å². The zero-order valence-corrected chi connectivity index (χ0v) is 15.6. The summed E-state index contributed by atoms with van der Waals surface area (Å²) in [6, 6.07) is 5.38. The normalized spacial score (nSPS) is 15.0. The smallest absolute Gasteiger partial charge is 0.246 e. The molecule has 4 rings (SSSR count). The van der Waals surface area contributed by atoms with Gasteiger partial charge in [-0.1, -0.05) is 12.1 Å². The van der Waals surface area contributed by atoms with Crippen LogP contribution in [0.25, 0.3) is 0 Å². The van der Waals surface area contributed by atoms with Gasteiger partial charge in [-0.25, -0.2) is 22.8 Å². The molecule has 9 nitrogen and oxygen atoms in total. The largest absolute Gasteiger partial charge is 0.482 e. The maximum absolute atomic E-state index is 14.0. The fraction of sp³-hybridized carbons (Fsp3) is 0.294. The van der Waals surface area contributed by atoms with Crippen LogP contribution in [0.3, 0.4) is 0 Å². The van der Waals surface area contributed by atoms with Crippen molar-refractivity contribution in [1.82, 2.24) is 29.0 Å². The summed E-state index contributed by atoms with van der Waals surface area (Å²) < 4.78 is 48.4. The Balaban J connectivity index is 1.50. The van der Waals surface area contributed by atoms with E-state index >= 15 is 0 Å². The van der Waals surface area contributed by atoms with Crippen LogP contribution in [0.4, 0.5) is 4.39 Å². The minimum absolute atomic E-state index is 0.153. The van der Waals surface area contributed by atoms with Crippen LogP contribution in [0, 0.1) is 5.82 Å². The van der Waals surface area contributed by atoms with Gasteiger partial charge >= 0.3 is 0 Å². The second-order valence-corrected chi connectivity index (χ2v) is 8.04. The van der Waals surface area contributed by atoms with E-state index in [4.69, 9.17) is 4.74 Å². The zero-order valence-electron chi connectivity index (χ0n) is 14.8. The predicted molar refractivity (Wildman–Crippen MR) is 95.2 cm³/mol. The van der Waals surface area contributed by atoms with E-state index in [0.717, 1.165) is 6.07 Å². The number of hydrogen-bond acceptors (Lipinski definition) is 7. The molecule has 3 heterocycles. The van der Waals surface area contributed by atoms with Crippen molar-refractivity contribution >= 4 is 10.0 Å². The zero-order chi connectivity index (χ0) is 19.6. The van der Waals surface area contributed by atoms with Gasteiger partial charge in [0.2, 0.25) is 10.0 Å². The number of rotatable bonds is 5. The molecule has 0 spiro atoms. The molecule has 0 fully saturated rings. The predicted octanol–water partition coefficient (Wildman–Crippen LogP) is 1.03. The van der Waals surface area contributed by atoms with Gasteiger partial charge in [0.05, 0.1) is 12.4 Å². The maximum atomic E-state index is 14.0. The molecule has 0 bridgehead atoms. The molecule has 0 saturated carbocycles. The molecule has 0 saturated heterocycles. The number of ether oxygens (including phenoxy) is 1. The Labute approximate surface area is 160 Å². The second-order valence-electron chi connectivity index (χ2n) is 6.13. The lowest BCUT2D eigenvalue weighted by Gasteiger charge is -2.20. The quantitative estimate of drug-likeness (QED) is 0.626. The van der Waals surface area contributed by atoms with E-state index in [9.17, 15) is 12.8 Å². The third kappa shape index (κ3) is 3.58. The molecule has 1 aromatic carbocycles. The summed E-state index contributed by atoms with van der Waals surface area (Å²) in [6.07, 6.45) is 4.85. The van der Waals surface area contributed by atoms with Crippen LogP contribution in [0.15, 0.2) is 47.9 Å². The molecule has 1 aliphatic rings. The number of nitrogens with zero attached hydrogens (tertiary/aromatic N) is 6. The summed E-state index contributed by atoms with van der Waals surface area (Å²) in [5, 5.41) is 8.28. The highest BCUT2D eigenvalue weighted by atomic mass is 32.2. The minimum atomic E-state index is -3.93. The van der Waals surface area contributed by atoms with Gasteiger partial charge in [-0.15, -0.1) is 10.2 Å². The summed E-state index contributed by atoms with van der Waals surface area (Å²) >= 11 is 0. The first-order valence-corrected chi connectivity index (χ1v) is 10.0. The van der Waals surface area contributed by atoms with Crippen LogP contribution < -0.4 is 4.74 Å². The molecule has 0 atom stereocenters. The summed E-state index contributed by atoms with van der Waals surface area (Å²) in [5.74, 6) is 0.973. The van der Waals surface area contributed by atoms with Crippen molar-refractivity contribution in [2.45, 2.75) is 24.5 Å². The van der Waals surface area contributed by atoms with Gasteiger partial charge in [0.15, 0.2) is 11.6 Å². The lowest BCUT2D eigenvalue weighted by atomic mass is 10.3. The molecular weight excluding hydrogens is 387 g/mol. The molecule has 1 aliphatic heterocycles. The molecule has 0 N–H and O–H groups in total. The average Bonchev–Trinajstić information content (AvgIpc) is 2.95. The number of hydrogen-bond donors (Lipinski definition) is 0. The Morgan fingerprint density at radius 3 is 2.64 bits per heavy atom. The molecule has 0 amide bonds. The van der Waals surface area contributed by atoms with Crippen LogP contribution in [-0.2, 0) is 29.6 Å². The Hall–Kier alpha value is -2.92. The summed E-state index contributed by atoms with van der Waals surface area (Å²) in [6.45, 7) is 0.881. The average molecular weight is 404 g/mol. The Kier molecular flexibility index (Phi) is 5.01. The van der Waals surface area contributed by atoms with Gasteiger partial charge in [-0.2, -0.15) is 4.31 Å². The molecule has 0 unspecified atom stereocenters. The summed E-state index contributed by atoms with van der Waals surface area (Å²) in [7, 11) is -3.93. The van der Waals surface area contributed by atoms with E-state index in [1.54, 1.807) is 0 Å². The van der Waals surface area contributed by atoms with Crippen molar-refractivity contribution in [3.63, 3.8) is 0 Å². The van der Waals surface area contributed by atoms with Crippen LogP contribution in [-0.4, -0.2) is 50.5 Å². The van der Waals surface area contributed by atoms with Crippen molar-refractivity contribution in [3.05, 3.63) is 60.5 Å². The number of benzene rings is 1. The van der Waals surface area contributed by atoms with Crippen molar-refractivity contribution in [2.24, 2.45) is 0 Å². The third-order valence-corrected chi connectivity index (χ3v) is 6.35.